The Morgan fingerprint density at radius 2 is 1.65 bits per heavy atom. The van der Waals surface area contributed by atoms with E-state index in [-0.39, 0.29) is 5.56 Å². The number of anilines is 1. The van der Waals surface area contributed by atoms with E-state index in [1.54, 1.807) is 24.5 Å². The van der Waals surface area contributed by atoms with E-state index >= 15 is 0 Å². The zero-order valence-corrected chi connectivity index (χ0v) is 14.6. The van der Waals surface area contributed by atoms with Crippen LogP contribution in [0.25, 0.3) is 11.1 Å². The van der Waals surface area contributed by atoms with Gasteiger partial charge in [-0.25, -0.2) is 4.79 Å². The van der Waals surface area contributed by atoms with E-state index in [1.165, 1.54) is 0 Å². The van der Waals surface area contributed by atoms with Crippen LogP contribution in [0.5, 0.6) is 0 Å². The van der Waals surface area contributed by atoms with Crippen LogP contribution in [0.3, 0.4) is 0 Å². The smallest absolute Gasteiger partial charge is 0.336 e. The minimum Gasteiger partial charge on any atom is -0.478 e. The molecule has 3 rings (SSSR count). The van der Waals surface area contributed by atoms with Gasteiger partial charge in [0.25, 0.3) is 0 Å². The van der Waals surface area contributed by atoms with Crippen molar-refractivity contribution in [3.8, 4) is 23.0 Å². The van der Waals surface area contributed by atoms with E-state index < -0.39 is 5.97 Å². The summed E-state index contributed by atoms with van der Waals surface area (Å²) in [6.45, 7) is 0. The van der Waals surface area contributed by atoms with E-state index in [4.69, 9.17) is 0 Å². The second kappa shape index (κ2) is 7.54. The Labute approximate surface area is 152 Å². The van der Waals surface area contributed by atoms with Crippen molar-refractivity contribution >= 4 is 11.7 Å². The van der Waals surface area contributed by atoms with Crippen molar-refractivity contribution in [2.24, 2.45) is 0 Å². The van der Waals surface area contributed by atoms with E-state index in [2.05, 4.69) is 16.8 Å². The van der Waals surface area contributed by atoms with Gasteiger partial charge in [-0.1, -0.05) is 30.0 Å². The Morgan fingerprint density at radius 3 is 2.27 bits per heavy atom. The molecule has 0 aliphatic rings. The zero-order valence-electron chi connectivity index (χ0n) is 14.6. The van der Waals surface area contributed by atoms with E-state index in [0.29, 0.717) is 11.1 Å². The fourth-order valence-electron chi connectivity index (χ4n) is 2.65. The molecule has 0 unspecified atom stereocenters. The molecule has 4 nitrogen and oxygen atoms in total. The lowest BCUT2D eigenvalue weighted by Crippen LogP contribution is -2.08. The molecule has 0 atom stereocenters. The Morgan fingerprint density at radius 1 is 0.962 bits per heavy atom. The summed E-state index contributed by atoms with van der Waals surface area (Å²) in [7, 11) is 3.93. The number of aromatic nitrogens is 1. The molecule has 4 heteroatoms. The minimum absolute atomic E-state index is 0.240. The van der Waals surface area contributed by atoms with Gasteiger partial charge in [0.2, 0.25) is 0 Å². The Bertz CT molecular complexity index is 982. The topological polar surface area (TPSA) is 53.4 Å². The number of nitrogens with zero attached hydrogens (tertiary/aromatic N) is 2. The summed E-state index contributed by atoms with van der Waals surface area (Å²) in [6.07, 6.45) is 3.36. The third kappa shape index (κ3) is 3.73. The summed E-state index contributed by atoms with van der Waals surface area (Å²) >= 11 is 0. The molecule has 1 heterocycles. The molecule has 1 aromatic heterocycles. The van der Waals surface area contributed by atoms with Gasteiger partial charge in [-0.15, -0.1) is 0 Å². The van der Waals surface area contributed by atoms with Gasteiger partial charge in [-0.2, -0.15) is 0 Å². The fourth-order valence-corrected chi connectivity index (χ4v) is 2.65. The van der Waals surface area contributed by atoms with Gasteiger partial charge in [0.1, 0.15) is 0 Å². The molecule has 0 amide bonds. The fraction of sp³-hybridized carbons (Fsp3) is 0.0909. The van der Waals surface area contributed by atoms with Crippen molar-refractivity contribution in [1.29, 1.82) is 0 Å². The van der Waals surface area contributed by atoms with Crippen LogP contribution in [0.2, 0.25) is 0 Å². The lowest BCUT2D eigenvalue weighted by atomic mass is 9.94. The molecule has 0 fully saturated rings. The number of hydrogen-bond acceptors (Lipinski definition) is 3. The number of pyridine rings is 1. The van der Waals surface area contributed by atoms with E-state index in [1.807, 2.05) is 61.5 Å². The Hall–Kier alpha value is -3.58. The normalized spacial score (nSPS) is 9.92. The number of carboxylic acids is 1. The highest BCUT2D eigenvalue weighted by molar-refractivity contribution is 5.98. The number of aromatic carboxylic acids is 1. The third-order valence-electron chi connectivity index (χ3n) is 3.99. The zero-order chi connectivity index (χ0) is 18.5. The Kier molecular flexibility index (Phi) is 5.00. The van der Waals surface area contributed by atoms with Crippen molar-refractivity contribution in [2.45, 2.75) is 0 Å². The molecule has 2 aromatic carbocycles. The average Bonchev–Trinajstić information content (AvgIpc) is 2.67. The molecular formula is C22H18N2O2. The summed E-state index contributed by atoms with van der Waals surface area (Å²) in [6, 6.07) is 16.6. The van der Waals surface area contributed by atoms with Crippen molar-refractivity contribution < 1.29 is 9.90 Å². The molecule has 0 bridgehead atoms. The molecule has 0 saturated carbocycles. The van der Waals surface area contributed by atoms with Crippen molar-refractivity contribution in [3.63, 3.8) is 0 Å². The standard InChI is InChI=1S/C22H18N2O2/c1-24(2)19-10-8-18(9-11-19)21-17(4-3-5-20(21)22(25)26)7-6-16-12-14-23-15-13-16/h3-5,8-15H,1-2H3,(H,25,26). The first-order valence-corrected chi connectivity index (χ1v) is 8.12. The van der Waals surface area contributed by atoms with Crippen LogP contribution in [0.15, 0.2) is 67.0 Å². The number of benzene rings is 2. The monoisotopic (exact) mass is 342 g/mol. The number of hydrogen-bond donors (Lipinski definition) is 1. The first-order valence-electron chi connectivity index (χ1n) is 8.12. The summed E-state index contributed by atoms with van der Waals surface area (Å²) in [5.41, 5.74) is 4.25. The SMILES string of the molecule is CN(C)c1ccc(-c2c(C#Cc3ccncc3)cccc2C(=O)O)cc1. The highest BCUT2D eigenvalue weighted by Gasteiger charge is 2.15. The van der Waals surface area contributed by atoms with Crippen molar-refractivity contribution in [2.75, 3.05) is 19.0 Å². The summed E-state index contributed by atoms with van der Waals surface area (Å²) in [4.78, 5) is 17.7. The van der Waals surface area contributed by atoms with Crippen LogP contribution in [-0.4, -0.2) is 30.2 Å². The first kappa shape index (κ1) is 17.2. The maximum Gasteiger partial charge on any atom is 0.336 e. The molecule has 26 heavy (non-hydrogen) atoms. The molecule has 3 aromatic rings. The van der Waals surface area contributed by atoms with Crippen molar-refractivity contribution in [3.05, 3.63) is 83.7 Å². The predicted molar refractivity (Wildman–Crippen MR) is 103 cm³/mol. The van der Waals surface area contributed by atoms with Crippen LogP contribution < -0.4 is 4.90 Å². The van der Waals surface area contributed by atoms with Crippen molar-refractivity contribution in [1.82, 2.24) is 4.98 Å². The molecule has 0 spiro atoms. The number of carbonyl (C=O) groups is 1. The van der Waals surface area contributed by atoms with E-state index in [9.17, 15) is 9.90 Å². The number of carboxylic acid groups (broad SMARTS) is 1. The lowest BCUT2D eigenvalue weighted by Gasteiger charge is -2.14. The largest absolute Gasteiger partial charge is 0.478 e. The van der Waals surface area contributed by atoms with Crippen LogP contribution >= 0.6 is 0 Å². The summed E-state index contributed by atoms with van der Waals surface area (Å²) in [5, 5.41) is 9.61. The minimum atomic E-state index is -0.968. The quantitative estimate of drug-likeness (QED) is 0.733. The van der Waals surface area contributed by atoms with Crippen LogP contribution in [0.1, 0.15) is 21.5 Å². The van der Waals surface area contributed by atoms with Gasteiger partial charge >= 0.3 is 5.97 Å². The highest BCUT2D eigenvalue weighted by Crippen LogP contribution is 2.29. The van der Waals surface area contributed by atoms with Crippen LogP contribution in [-0.2, 0) is 0 Å². The van der Waals surface area contributed by atoms with Gasteiger partial charge < -0.3 is 10.0 Å². The second-order valence-corrected chi connectivity index (χ2v) is 5.96. The maximum absolute atomic E-state index is 11.7. The number of rotatable bonds is 3. The Balaban J connectivity index is 2.13. The van der Waals surface area contributed by atoms with Gasteiger partial charge in [0.15, 0.2) is 0 Å². The second-order valence-electron chi connectivity index (χ2n) is 5.96. The first-order chi connectivity index (χ1) is 12.6. The summed E-state index contributed by atoms with van der Waals surface area (Å²) in [5.74, 6) is 5.22. The molecule has 0 saturated heterocycles. The molecule has 128 valence electrons. The molecule has 0 aliphatic carbocycles. The molecule has 0 radical (unpaired) electrons. The maximum atomic E-state index is 11.7. The predicted octanol–water partition coefficient (Wildman–Crippen LogP) is 3.91. The molecule has 1 N–H and O–H groups in total. The molecule has 0 aliphatic heterocycles. The third-order valence-corrected chi connectivity index (χ3v) is 3.99. The van der Waals surface area contributed by atoms with Crippen LogP contribution in [0.4, 0.5) is 5.69 Å². The van der Waals surface area contributed by atoms with E-state index in [0.717, 1.165) is 16.8 Å². The average molecular weight is 342 g/mol. The van der Waals surface area contributed by atoms with Gasteiger partial charge in [-0.3, -0.25) is 4.98 Å². The van der Waals surface area contributed by atoms with Gasteiger partial charge in [0, 0.05) is 48.9 Å². The van der Waals surface area contributed by atoms with Gasteiger partial charge in [0.05, 0.1) is 5.56 Å². The molecular weight excluding hydrogens is 324 g/mol. The van der Waals surface area contributed by atoms with Gasteiger partial charge in [-0.05, 0) is 42.0 Å². The van der Waals surface area contributed by atoms with Crippen LogP contribution in [0, 0.1) is 11.8 Å². The summed E-state index contributed by atoms with van der Waals surface area (Å²) < 4.78 is 0. The highest BCUT2D eigenvalue weighted by atomic mass is 16.4. The lowest BCUT2D eigenvalue weighted by molar-refractivity contribution is 0.0697.